The van der Waals surface area contributed by atoms with Crippen molar-refractivity contribution in [2.75, 3.05) is 34.9 Å². The van der Waals surface area contributed by atoms with E-state index in [1.54, 1.807) is 26.4 Å². The fourth-order valence-corrected chi connectivity index (χ4v) is 2.60. The van der Waals surface area contributed by atoms with Crippen LogP contribution in [0, 0.1) is 0 Å². The minimum atomic E-state index is -0.150. The molecule has 26 heavy (non-hydrogen) atoms. The van der Waals surface area contributed by atoms with Crippen LogP contribution < -0.4 is 14.8 Å². The van der Waals surface area contributed by atoms with Crippen molar-refractivity contribution in [3.63, 3.8) is 0 Å². The van der Waals surface area contributed by atoms with Crippen molar-refractivity contribution < 1.29 is 14.3 Å². The minimum Gasteiger partial charge on any atom is -0.497 e. The molecule has 0 aliphatic rings. The molecule has 0 bridgehead atoms. The maximum absolute atomic E-state index is 12.4. The van der Waals surface area contributed by atoms with Gasteiger partial charge in [-0.05, 0) is 43.4 Å². The fraction of sp³-hybridized carbons (Fsp3) is 0.286. The van der Waals surface area contributed by atoms with Crippen LogP contribution in [0.1, 0.15) is 17.2 Å². The number of nitrogens with one attached hydrogen (secondary N) is 1. The van der Waals surface area contributed by atoms with Crippen LogP contribution in [-0.4, -0.2) is 45.7 Å². The average molecular weight is 354 g/mol. The van der Waals surface area contributed by atoms with E-state index in [2.05, 4.69) is 10.2 Å². The molecule has 0 saturated heterocycles. The number of amides is 1. The Hall–Kier alpha value is -2.79. The molecule has 1 atom stereocenters. The van der Waals surface area contributed by atoms with Gasteiger partial charge in [-0.1, -0.05) is 30.3 Å². The number of ether oxygens (including phenoxy) is 2. The van der Waals surface area contributed by atoms with Gasteiger partial charge >= 0.3 is 0 Å². The predicted octanol–water partition coefficient (Wildman–Crippen LogP) is 3.14. The number of carbonyl (C=O) groups excluding carboxylic acids is 1. The summed E-state index contributed by atoms with van der Waals surface area (Å²) in [6.45, 7) is 0.719. The second-order valence-corrected chi connectivity index (χ2v) is 6.21. The lowest BCUT2D eigenvalue weighted by molar-refractivity contribution is -0.117. The first kappa shape index (κ1) is 19.5. The first-order valence-electron chi connectivity index (χ1n) is 8.43. The molecule has 0 fully saturated rings. The van der Waals surface area contributed by atoms with E-state index in [9.17, 15) is 4.79 Å². The molecule has 5 heteroatoms. The number of benzene rings is 2. The van der Waals surface area contributed by atoms with Crippen LogP contribution in [0.2, 0.25) is 0 Å². The average Bonchev–Trinajstić information content (AvgIpc) is 2.65. The number of likely N-dealkylation sites (N-methyl/N-ethyl adjacent to an activating group) is 1. The Balaban J connectivity index is 2.11. The van der Waals surface area contributed by atoms with Crippen LogP contribution >= 0.6 is 0 Å². The van der Waals surface area contributed by atoms with Crippen LogP contribution in [0.5, 0.6) is 11.5 Å². The molecule has 0 aromatic heterocycles. The molecule has 0 aliphatic heterocycles. The second-order valence-electron chi connectivity index (χ2n) is 6.21. The molecule has 0 unspecified atom stereocenters. The van der Waals surface area contributed by atoms with Gasteiger partial charge in [0.05, 0.1) is 20.3 Å². The highest BCUT2D eigenvalue weighted by molar-refractivity contribution is 5.92. The maximum Gasteiger partial charge on any atom is 0.244 e. The highest BCUT2D eigenvalue weighted by Crippen LogP contribution is 2.23. The summed E-state index contributed by atoms with van der Waals surface area (Å²) in [6.07, 6.45) is 3.28. The van der Waals surface area contributed by atoms with Crippen LogP contribution in [0.3, 0.4) is 0 Å². The Morgan fingerprint density at radius 1 is 1.08 bits per heavy atom. The van der Waals surface area contributed by atoms with Crippen molar-refractivity contribution >= 4 is 12.0 Å². The zero-order valence-corrected chi connectivity index (χ0v) is 15.7. The molecule has 0 spiro atoms. The van der Waals surface area contributed by atoms with E-state index in [1.165, 1.54) is 6.08 Å². The quantitative estimate of drug-likeness (QED) is 0.740. The zero-order valence-electron chi connectivity index (χ0n) is 15.7. The van der Waals surface area contributed by atoms with E-state index >= 15 is 0 Å². The molecule has 0 radical (unpaired) electrons. The highest BCUT2D eigenvalue weighted by Gasteiger charge is 2.14. The number of nitrogens with zero attached hydrogens (tertiary/aromatic N) is 1. The van der Waals surface area contributed by atoms with Gasteiger partial charge < -0.3 is 19.7 Å². The summed E-state index contributed by atoms with van der Waals surface area (Å²) in [7, 11) is 7.17. The predicted molar refractivity (Wildman–Crippen MR) is 104 cm³/mol. The molecule has 1 N–H and O–H groups in total. The summed E-state index contributed by atoms with van der Waals surface area (Å²) in [5, 5.41) is 3.06. The van der Waals surface area contributed by atoms with Gasteiger partial charge in [0, 0.05) is 18.7 Å². The van der Waals surface area contributed by atoms with E-state index in [0.717, 1.165) is 17.7 Å². The third-order valence-electron chi connectivity index (χ3n) is 3.87. The van der Waals surface area contributed by atoms with Gasteiger partial charge in [-0.3, -0.25) is 4.79 Å². The Kier molecular flexibility index (Phi) is 7.24. The van der Waals surface area contributed by atoms with E-state index in [4.69, 9.17) is 9.47 Å². The number of carbonyl (C=O) groups is 1. The van der Waals surface area contributed by atoms with Crippen molar-refractivity contribution in [3.05, 3.63) is 65.7 Å². The molecule has 2 aromatic rings. The van der Waals surface area contributed by atoms with Gasteiger partial charge in [-0.2, -0.15) is 0 Å². The highest BCUT2D eigenvalue weighted by atomic mass is 16.5. The summed E-state index contributed by atoms with van der Waals surface area (Å²) in [5.74, 6) is 1.21. The standard InChI is InChI=1S/C21H26N2O3/c1-23(2)15-20(17-8-6-5-7-9-17)22-21(24)11-10-16-12-18(25-3)14-19(13-16)26-4/h5-14,20H,15H2,1-4H3,(H,22,24)/b11-10+/t20-/m0/s1. The third kappa shape index (κ3) is 5.93. The SMILES string of the molecule is COc1cc(/C=C/C(=O)N[C@@H](CN(C)C)c2ccccc2)cc(OC)c1. The van der Waals surface area contributed by atoms with Crippen molar-refractivity contribution in [1.29, 1.82) is 0 Å². The maximum atomic E-state index is 12.4. The molecule has 2 rings (SSSR count). The number of hydrogen-bond donors (Lipinski definition) is 1. The van der Waals surface area contributed by atoms with Crippen LogP contribution in [0.4, 0.5) is 0 Å². The van der Waals surface area contributed by atoms with Gasteiger partial charge in [-0.25, -0.2) is 0 Å². The summed E-state index contributed by atoms with van der Waals surface area (Å²) in [4.78, 5) is 14.5. The summed E-state index contributed by atoms with van der Waals surface area (Å²) in [6, 6.07) is 15.4. The third-order valence-corrected chi connectivity index (χ3v) is 3.87. The van der Waals surface area contributed by atoms with Gasteiger partial charge in [0.2, 0.25) is 5.91 Å². The normalized spacial score (nSPS) is 12.2. The molecule has 138 valence electrons. The number of methoxy groups -OCH3 is 2. The van der Waals surface area contributed by atoms with E-state index in [1.807, 2.05) is 56.6 Å². The fourth-order valence-electron chi connectivity index (χ4n) is 2.60. The van der Waals surface area contributed by atoms with Crippen molar-refractivity contribution in [1.82, 2.24) is 10.2 Å². The van der Waals surface area contributed by atoms with E-state index in [-0.39, 0.29) is 11.9 Å². The number of hydrogen-bond acceptors (Lipinski definition) is 4. The minimum absolute atomic E-state index is 0.0804. The van der Waals surface area contributed by atoms with Gasteiger partial charge in [-0.15, -0.1) is 0 Å². The topological polar surface area (TPSA) is 50.8 Å². The smallest absolute Gasteiger partial charge is 0.244 e. The molecule has 0 heterocycles. The van der Waals surface area contributed by atoms with Crippen molar-refractivity contribution in [2.45, 2.75) is 6.04 Å². The summed E-state index contributed by atoms with van der Waals surface area (Å²) < 4.78 is 10.5. The summed E-state index contributed by atoms with van der Waals surface area (Å²) in [5.41, 5.74) is 1.91. The molecule has 5 nitrogen and oxygen atoms in total. The van der Waals surface area contributed by atoms with Gasteiger partial charge in [0.1, 0.15) is 11.5 Å². The molecular weight excluding hydrogens is 328 g/mol. The lowest BCUT2D eigenvalue weighted by Gasteiger charge is -2.22. The van der Waals surface area contributed by atoms with E-state index < -0.39 is 0 Å². The number of rotatable bonds is 8. The summed E-state index contributed by atoms with van der Waals surface area (Å²) >= 11 is 0. The molecule has 1 amide bonds. The Morgan fingerprint density at radius 3 is 2.23 bits per heavy atom. The Morgan fingerprint density at radius 2 is 1.69 bits per heavy atom. The second kappa shape index (κ2) is 9.63. The van der Waals surface area contributed by atoms with Gasteiger partial charge in [0.25, 0.3) is 0 Å². The molecule has 0 saturated carbocycles. The molecular formula is C21H26N2O3. The van der Waals surface area contributed by atoms with Crippen molar-refractivity contribution in [3.8, 4) is 11.5 Å². The Bertz CT molecular complexity index is 720. The van der Waals surface area contributed by atoms with Gasteiger partial charge in [0.15, 0.2) is 0 Å². The monoisotopic (exact) mass is 354 g/mol. The lowest BCUT2D eigenvalue weighted by Crippen LogP contribution is -2.34. The first-order chi connectivity index (χ1) is 12.5. The van der Waals surface area contributed by atoms with Crippen molar-refractivity contribution in [2.24, 2.45) is 0 Å². The molecule has 2 aromatic carbocycles. The lowest BCUT2D eigenvalue weighted by atomic mass is 10.1. The molecule has 0 aliphatic carbocycles. The van der Waals surface area contributed by atoms with Crippen LogP contribution in [0.15, 0.2) is 54.6 Å². The largest absolute Gasteiger partial charge is 0.497 e. The van der Waals surface area contributed by atoms with E-state index in [0.29, 0.717) is 11.5 Å². The zero-order chi connectivity index (χ0) is 18.9. The Labute approximate surface area is 155 Å². The van der Waals surface area contributed by atoms with Crippen LogP contribution in [0.25, 0.3) is 6.08 Å². The van der Waals surface area contributed by atoms with Crippen LogP contribution in [-0.2, 0) is 4.79 Å². The first-order valence-corrected chi connectivity index (χ1v) is 8.43.